The fourth-order valence-corrected chi connectivity index (χ4v) is 1.82. The molecule has 0 saturated heterocycles. The molecule has 1 N–H and O–H groups in total. The molecule has 0 aliphatic carbocycles. The Morgan fingerprint density at radius 1 is 1.00 bits per heavy atom. The molecule has 21 heavy (non-hydrogen) atoms. The van der Waals surface area contributed by atoms with E-state index in [0.717, 1.165) is 4.90 Å². The molecule has 108 valence electrons. The number of ether oxygens (including phenoxy) is 1. The molecule has 5 nitrogen and oxygen atoms in total. The van der Waals surface area contributed by atoms with E-state index in [-0.39, 0.29) is 0 Å². The number of rotatable bonds is 4. The van der Waals surface area contributed by atoms with Gasteiger partial charge < -0.3 is 9.84 Å². The number of amides is 1. The Bertz CT molecular complexity index is 613. The van der Waals surface area contributed by atoms with Crippen molar-refractivity contribution in [3.05, 3.63) is 60.7 Å². The third-order valence-electron chi connectivity index (χ3n) is 2.92. The lowest BCUT2D eigenvalue weighted by Gasteiger charge is -2.25. The molecule has 5 heteroatoms. The van der Waals surface area contributed by atoms with E-state index < -0.39 is 18.1 Å². The van der Waals surface area contributed by atoms with Crippen LogP contribution in [0, 0.1) is 0 Å². The molecule has 0 saturated carbocycles. The SMILES string of the molecule is CC(C(=O)O)N(C(=O)Oc1ccccc1)c1ccccc1. The van der Waals surface area contributed by atoms with E-state index in [2.05, 4.69) is 0 Å². The first-order valence-corrected chi connectivity index (χ1v) is 6.43. The lowest BCUT2D eigenvalue weighted by molar-refractivity contribution is -0.138. The van der Waals surface area contributed by atoms with Crippen LogP contribution in [0.3, 0.4) is 0 Å². The molecule has 0 aliphatic rings. The van der Waals surface area contributed by atoms with Crippen LogP contribution in [0.25, 0.3) is 0 Å². The monoisotopic (exact) mass is 285 g/mol. The van der Waals surface area contributed by atoms with Crippen LogP contribution in [0.15, 0.2) is 60.7 Å². The Balaban J connectivity index is 2.27. The van der Waals surface area contributed by atoms with E-state index in [9.17, 15) is 14.7 Å². The maximum atomic E-state index is 12.3. The Hall–Kier alpha value is -2.82. The van der Waals surface area contributed by atoms with Gasteiger partial charge in [-0.15, -0.1) is 0 Å². The van der Waals surface area contributed by atoms with E-state index >= 15 is 0 Å². The number of benzene rings is 2. The highest BCUT2D eigenvalue weighted by Crippen LogP contribution is 2.19. The van der Waals surface area contributed by atoms with Crippen molar-refractivity contribution in [2.75, 3.05) is 4.90 Å². The van der Waals surface area contributed by atoms with Crippen LogP contribution in [0.4, 0.5) is 10.5 Å². The molecular formula is C16H15NO4. The highest BCUT2D eigenvalue weighted by Gasteiger charge is 2.28. The highest BCUT2D eigenvalue weighted by molar-refractivity contribution is 5.95. The number of hydrogen-bond donors (Lipinski definition) is 1. The van der Waals surface area contributed by atoms with Gasteiger partial charge in [-0.2, -0.15) is 0 Å². The Labute approximate surface area is 122 Å². The first kappa shape index (κ1) is 14.6. The molecule has 1 amide bonds. The minimum atomic E-state index is -1.11. The van der Waals surface area contributed by atoms with Gasteiger partial charge in [0.25, 0.3) is 0 Å². The summed E-state index contributed by atoms with van der Waals surface area (Å²) in [5, 5.41) is 9.18. The third-order valence-corrected chi connectivity index (χ3v) is 2.92. The van der Waals surface area contributed by atoms with Crippen molar-refractivity contribution in [3.8, 4) is 5.75 Å². The molecular weight excluding hydrogens is 270 g/mol. The smallest absolute Gasteiger partial charge is 0.420 e. The largest absolute Gasteiger partial charge is 0.480 e. The summed E-state index contributed by atoms with van der Waals surface area (Å²) in [6.45, 7) is 1.43. The molecule has 0 fully saturated rings. The number of hydrogen-bond acceptors (Lipinski definition) is 3. The molecule has 2 aromatic rings. The second-order valence-electron chi connectivity index (χ2n) is 4.40. The highest BCUT2D eigenvalue weighted by atomic mass is 16.6. The van der Waals surface area contributed by atoms with Crippen LogP contribution in [0.2, 0.25) is 0 Å². The maximum absolute atomic E-state index is 12.3. The average Bonchev–Trinajstić information content (AvgIpc) is 2.49. The Kier molecular flexibility index (Phi) is 4.56. The summed E-state index contributed by atoms with van der Waals surface area (Å²) in [6.07, 6.45) is -0.734. The molecule has 2 aromatic carbocycles. The van der Waals surface area contributed by atoms with E-state index in [1.165, 1.54) is 6.92 Å². The quantitative estimate of drug-likeness (QED) is 0.937. The molecule has 0 aromatic heterocycles. The van der Waals surface area contributed by atoms with Gasteiger partial charge in [-0.3, -0.25) is 4.90 Å². The minimum absolute atomic E-state index is 0.362. The van der Waals surface area contributed by atoms with Crippen molar-refractivity contribution in [2.24, 2.45) is 0 Å². The average molecular weight is 285 g/mol. The summed E-state index contributed by atoms with van der Waals surface area (Å²) in [6, 6.07) is 16.0. The summed E-state index contributed by atoms with van der Waals surface area (Å²) in [4.78, 5) is 24.6. The van der Waals surface area contributed by atoms with Crippen molar-refractivity contribution in [1.82, 2.24) is 0 Å². The van der Waals surface area contributed by atoms with Gasteiger partial charge >= 0.3 is 12.1 Å². The van der Waals surface area contributed by atoms with Crippen molar-refractivity contribution in [1.29, 1.82) is 0 Å². The van der Waals surface area contributed by atoms with Crippen LogP contribution in [0.1, 0.15) is 6.92 Å². The van der Waals surface area contributed by atoms with Crippen LogP contribution in [-0.2, 0) is 4.79 Å². The van der Waals surface area contributed by atoms with E-state index in [0.29, 0.717) is 11.4 Å². The predicted molar refractivity (Wildman–Crippen MR) is 78.5 cm³/mol. The molecule has 2 rings (SSSR count). The zero-order chi connectivity index (χ0) is 15.2. The molecule has 0 aliphatic heterocycles. The molecule has 0 bridgehead atoms. The van der Waals surface area contributed by atoms with E-state index in [4.69, 9.17) is 4.74 Å². The van der Waals surface area contributed by atoms with Gasteiger partial charge in [0, 0.05) is 5.69 Å². The number of carboxylic acids is 1. The fourth-order valence-electron chi connectivity index (χ4n) is 1.82. The van der Waals surface area contributed by atoms with Crippen molar-refractivity contribution >= 4 is 17.7 Å². The molecule has 1 unspecified atom stereocenters. The van der Waals surface area contributed by atoms with Gasteiger partial charge in [0.05, 0.1) is 0 Å². The van der Waals surface area contributed by atoms with Gasteiger partial charge in [0.2, 0.25) is 0 Å². The molecule has 1 atom stereocenters. The maximum Gasteiger partial charge on any atom is 0.420 e. The van der Waals surface area contributed by atoms with E-state index in [1.807, 2.05) is 0 Å². The lowest BCUT2D eigenvalue weighted by atomic mass is 10.2. The van der Waals surface area contributed by atoms with Crippen LogP contribution < -0.4 is 9.64 Å². The van der Waals surface area contributed by atoms with Gasteiger partial charge in [0.15, 0.2) is 0 Å². The molecule has 0 radical (unpaired) electrons. The topological polar surface area (TPSA) is 66.8 Å². The minimum Gasteiger partial charge on any atom is -0.480 e. The van der Waals surface area contributed by atoms with Gasteiger partial charge in [-0.25, -0.2) is 9.59 Å². The van der Waals surface area contributed by atoms with Crippen LogP contribution in [-0.4, -0.2) is 23.2 Å². The molecule has 0 spiro atoms. The van der Waals surface area contributed by atoms with Crippen molar-refractivity contribution in [2.45, 2.75) is 13.0 Å². The number of carbonyl (C=O) groups excluding carboxylic acids is 1. The summed E-state index contributed by atoms with van der Waals surface area (Å²) in [5.41, 5.74) is 0.466. The zero-order valence-electron chi connectivity index (χ0n) is 11.5. The first-order valence-electron chi connectivity index (χ1n) is 6.43. The predicted octanol–water partition coefficient (Wildman–Crippen LogP) is 3.17. The molecule has 0 heterocycles. The Morgan fingerprint density at radius 3 is 2.05 bits per heavy atom. The number of carbonyl (C=O) groups is 2. The van der Waals surface area contributed by atoms with Crippen molar-refractivity contribution < 1.29 is 19.4 Å². The normalized spacial score (nSPS) is 11.5. The van der Waals surface area contributed by atoms with Gasteiger partial charge in [-0.05, 0) is 31.2 Å². The van der Waals surface area contributed by atoms with Crippen molar-refractivity contribution in [3.63, 3.8) is 0 Å². The number of anilines is 1. The van der Waals surface area contributed by atoms with Gasteiger partial charge in [0.1, 0.15) is 11.8 Å². The number of nitrogens with zero attached hydrogens (tertiary/aromatic N) is 1. The van der Waals surface area contributed by atoms with Gasteiger partial charge in [-0.1, -0.05) is 36.4 Å². The first-order chi connectivity index (χ1) is 10.1. The third kappa shape index (κ3) is 3.60. The van der Waals surface area contributed by atoms with Crippen LogP contribution >= 0.6 is 0 Å². The van der Waals surface area contributed by atoms with Crippen LogP contribution in [0.5, 0.6) is 5.75 Å². The number of para-hydroxylation sites is 2. The summed E-state index contributed by atoms with van der Waals surface area (Å²) in [5.74, 6) is -0.745. The van der Waals surface area contributed by atoms with E-state index in [1.54, 1.807) is 60.7 Å². The zero-order valence-corrected chi connectivity index (χ0v) is 11.5. The fraction of sp³-hybridized carbons (Fsp3) is 0.125. The second-order valence-corrected chi connectivity index (χ2v) is 4.40. The second kappa shape index (κ2) is 6.56. The Morgan fingerprint density at radius 2 is 1.52 bits per heavy atom. The summed E-state index contributed by atoms with van der Waals surface area (Å²) >= 11 is 0. The number of carboxylic acid groups (broad SMARTS) is 1. The summed E-state index contributed by atoms with van der Waals surface area (Å²) in [7, 11) is 0. The lowest BCUT2D eigenvalue weighted by Crippen LogP contribution is -2.45. The summed E-state index contributed by atoms with van der Waals surface area (Å²) < 4.78 is 5.23. The standard InChI is InChI=1S/C16H15NO4/c1-12(15(18)19)17(13-8-4-2-5-9-13)16(20)21-14-10-6-3-7-11-14/h2-12H,1H3,(H,18,19). The number of aliphatic carboxylic acids is 1.